The minimum absolute atomic E-state index is 0.0519. The Morgan fingerprint density at radius 3 is 2.75 bits per heavy atom. The molecule has 0 aliphatic rings. The van der Waals surface area contributed by atoms with Crippen molar-refractivity contribution in [3.05, 3.63) is 34.9 Å². The Bertz CT molecular complexity index is 657. The summed E-state index contributed by atoms with van der Waals surface area (Å²) >= 11 is 0. The van der Waals surface area contributed by atoms with Gasteiger partial charge < -0.3 is 10.4 Å². The number of aliphatic hydroxyl groups excluding tert-OH is 1. The molecule has 6 nitrogen and oxygen atoms in total. The topological polar surface area (TPSA) is 109 Å². The largest absolute Gasteiger partial charge is 0.384 e. The van der Waals surface area contributed by atoms with Gasteiger partial charge in [-0.25, -0.2) is 13.6 Å². The SMILES string of the molecule is Cc1c(C#CCO)cccc1C(=O)NCCS(N)(=O)=O. The molecule has 0 heterocycles. The van der Waals surface area contributed by atoms with E-state index in [4.69, 9.17) is 10.2 Å². The first-order chi connectivity index (χ1) is 9.35. The highest BCUT2D eigenvalue weighted by Crippen LogP contribution is 2.12. The summed E-state index contributed by atoms with van der Waals surface area (Å²) in [5.41, 5.74) is 1.71. The quantitative estimate of drug-likeness (QED) is 0.642. The van der Waals surface area contributed by atoms with Crippen LogP contribution in [0.25, 0.3) is 0 Å². The van der Waals surface area contributed by atoms with Crippen molar-refractivity contribution >= 4 is 15.9 Å². The number of rotatable bonds is 4. The molecule has 0 fully saturated rings. The molecule has 0 saturated carbocycles. The molecule has 7 heteroatoms. The summed E-state index contributed by atoms with van der Waals surface area (Å²) in [4.78, 5) is 11.9. The normalized spacial score (nSPS) is 10.6. The van der Waals surface area contributed by atoms with Crippen LogP contribution in [-0.4, -0.2) is 38.3 Å². The molecule has 0 aliphatic carbocycles. The highest BCUT2D eigenvalue weighted by molar-refractivity contribution is 7.89. The Labute approximate surface area is 118 Å². The number of carbonyl (C=O) groups excluding carboxylic acids is 1. The van der Waals surface area contributed by atoms with Gasteiger partial charge in [-0.15, -0.1) is 0 Å². The van der Waals surface area contributed by atoms with Crippen LogP contribution in [0.5, 0.6) is 0 Å². The van der Waals surface area contributed by atoms with Crippen molar-refractivity contribution in [1.29, 1.82) is 0 Å². The third-order valence-corrected chi connectivity index (χ3v) is 3.33. The summed E-state index contributed by atoms with van der Waals surface area (Å²) in [6.45, 7) is 1.42. The third kappa shape index (κ3) is 5.01. The van der Waals surface area contributed by atoms with E-state index in [0.717, 1.165) is 0 Å². The van der Waals surface area contributed by atoms with Crippen molar-refractivity contribution in [3.8, 4) is 11.8 Å². The number of sulfonamides is 1. The molecular weight excluding hydrogens is 280 g/mol. The second-order valence-corrected chi connectivity index (χ2v) is 5.79. The first-order valence-corrected chi connectivity index (χ1v) is 7.54. The number of primary sulfonamides is 1. The lowest BCUT2D eigenvalue weighted by molar-refractivity contribution is 0.0955. The average Bonchev–Trinajstić information content (AvgIpc) is 2.36. The molecule has 0 bridgehead atoms. The van der Waals surface area contributed by atoms with Crippen LogP contribution in [0.1, 0.15) is 21.5 Å². The van der Waals surface area contributed by atoms with Gasteiger partial charge in [-0.1, -0.05) is 17.9 Å². The molecule has 0 saturated heterocycles. The number of hydrogen-bond donors (Lipinski definition) is 3. The van der Waals surface area contributed by atoms with Gasteiger partial charge in [-0.05, 0) is 24.6 Å². The molecule has 1 amide bonds. The van der Waals surface area contributed by atoms with Crippen LogP contribution < -0.4 is 10.5 Å². The minimum atomic E-state index is -3.60. The molecule has 0 aliphatic heterocycles. The Hall–Kier alpha value is -1.88. The van der Waals surface area contributed by atoms with Crippen LogP contribution in [0, 0.1) is 18.8 Å². The summed E-state index contributed by atoms with van der Waals surface area (Å²) in [5, 5.41) is 16.0. The lowest BCUT2D eigenvalue weighted by Crippen LogP contribution is -2.31. The predicted molar refractivity (Wildman–Crippen MR) is 75.5 cm³/mol. The van der Waals surface area contributed by atoms with Crippen LogP contribution >= 0.6 is 0 Å². The van der Waals surface area contributed by atoms with Crippen LogP contribution in [0.3, 0.4) is 0 Å². The van der Waals surface area contributed by atoms with Gasteiger partial charge in [0.15, 0.2) is 0 Å². The Morgan fingerprint density at radius 1 is 1.45 bits per heavy atom. The van der Waals surface area contributed by atoms with Gasteiger partial charge in [-0.3, -0.25) is 4.79 Å². The molecule has 20 heavy (non-hydrogen) atoms. The molecule has 108 valence electrons. The van der Waals surface area contributed by atoms with Gasteiger partial charge >= 0.3 is 0 Å². The number of carbonyl (C=O) groups is 1. The molecule has 0 radical (unpaired) electrons. The van der Waals surface area contributed by atoms with Crippen molar-refractivity contribution in [2.45, 2.75) is 6.92 Å². The monoisotopic (exact) mass is 296 g/mol. The summed E-state index contributed by atoms with van der Waals surface area (Å²) < 4.78 is 21.5. The van der Waals surface area contributed by atoms with Crippen molar-refractivity contribution in [1.82, 2.24) is 5.32 Å². The molecule has 0 unspecified atom stereocenters. The van der Waals surface area contributed by atoms with E-state index in [-0.39, 0.29) is 18.9 Å². The maximum atomic E-state index is 11.9. The molecule has 1 aromatic carbocycles. The zero-order valence-corrected chi connectivity index (χ0v) is 11.8. The molecule has 1 aromatic rings. The maximum absolute atomic E-state index is 11.9. The lowest BCUT2D eigenvalue weighted by Gasteiger charge is -2.08. The molecule has 4 N–H and O–H groups in total. The zero-order chi connectivity index (χ0) is 15.2. The summed E-state index contributed by atoms with van der Waals surface area (Å²) in [7, 11) is -3.60. The fraction of sp³-hybridized carbons (Fsp3) is 0.308. The van der Waals surface area contributed by atoms with Crippen molar-refractivity contribution in [3.63, 3.8) is 0 Å². The predicted octanol–water partition coefficient (Wildman–Crippen LogP) is -0.643. The number of amides is 1. The maximum Gasteiger partial charge on any atom is 0.251 e. The van der Waals surface area contributed by atoms with Gasteiger partial charge in [0, 0.05) is 17.7 Å². The van der Waals surface area contributed by atoms with E-state index in [9.17, 15) is 13.2 Å². The van der Waals surface area contributed by atoms with Crippen LogP contribution in [0.2, 0.25) is 0 Å². The summed E-state index contributed by atoms with van der Waals surface area (Å²) in [6.07, 6.45) is 0. The third-order valence-electron chi connectivity index (χ3n) is 2.55. The van der Waals surface area contributed by atoms with Gasteiger partial charge in [0.2, 0.25) is 10.0 Å². The second kappa shape index (κ2) is 7.05. The highest BCUT2D eigenvalue weighted by atomic mass is 32.2. The van der Waals surface area contributed by atoms with E-state index >= 15 is 0 Å². The highest BCUT2D eigenvalue weighted by Gasteiger charge is 2.11. The van der Waals surface area contributed by atoms with Gasteiger partial charge in [0.1, 0.15) is 6.61 Å². The fourth-order valence-electron chi connectivity index (χ4n) is 1.55. The van der Waals surface area contributed by atoms with Crippen molar-refractivity contribution in [2.75, 3.05) is 18.9 Å². The Kier molecular flexibility index (Phi) is 5.70. The van der Waals surface area contributed by atoms with Gasteiger partial charge in [0.25, 0.3) is 5.91 Å². The summed E-state index contributed by atoms with van der Waals surface area (Å²) in [6, 6.07) is 5.02. The van der Waals surface area contributed by atoms with Crippen LogP contribution in [0.15, 0.2) is 18.2 Å². The number of aliphatic hydroxyl groups is 1. The molecule has 0 aromatic heterocycles. The summed E-state index contributed by atoms with van der Waals surface area (Å²) in [5.74, 6) is 4.55. The first-order valence-electron chi connectivity index (χ1n) is 5.83. The molecule has 0 spiro atoms. The number of benzene rings is 1. The van der Waals surface area contributed by atoms with E-state index in [0.29, 0.717) is 16.7 Å². The smallest absolute Gasteiger partial charge is 0.251 e. The van der Waals surface area contributed by atoms with Crippen molar-refractivity contribution in [2.24, 2.45) is 5.14 Å². The molecule has 1 rings (SSSR count). The van der Waals surface area contributed by atoms with E-state index in [2.05, 4.69) is 17.2 Å². The zero-order valence-electron chi connectivity index (χ0n) is 11.0. The first kappa shape index (κ1) is 16.2. The molecular formula is C13H16N2O4S. The second-order valence-electron chi connectivity index (χ2n) is 4.06. The van der Waals surface area contributed by atoms with Crippen LogP contribution in [0.4, 0.5) is 0 Å². The minimum Gasteiger partial charge on any atom is -0.384 e. The van der Waals surface area contributed by atoms with Crippen molar-refractivity contribution < 1.29 is 18.3 Å². The van der Waals surface area contributed by atoms with Gasteiger partial charge in [0.05, 0.1) is 5.75 Å². The van der Waals surface area contributed by atoms with E-state index in [1.165, 1.54) is 0 Å². The average molecular weight is 296 g/mol. The Balaban J connectivity index is 2.83. The Morgan fingerprint density at radius 2 is 2.15 bits per heavy atom. The number of nitrogens with one attached hydrogen (secondary N) is 1. The standard InChI is InChI=1S/C13H16N2O4S/c1-10-11(5-3-8-16)4-2-6-12(10)13(17)15-7-9-20(14,18)19/h2,4,6,16H,7-9H2,1H3,(H,15,17)(H2,14,18,19). The fourth-order valence-corrected chi connectivity index (χ4v) is 1.94. The number of nitrogens with two attached hydrogens (primary N) is 1. The van der Waals surface area contributed by atoms with E-state index < -0.39 is 15.9 Å². The molecule has 0 atom stereocenters. The lowest BCUT2D eigenvalue weighted by atomic mass is 10.0. The van der Waals surface area contributed by atoms with Crippen LogP contribution in [-0.2, 0) is 10.0 Å². The van der Waals surface area contributed by atoms with E-state index in [1.807, 2.05) is 0 Å². The van der Waals surface area contributed by atoms with E-state index in [1.54, 1.807) is 25.1 Å². The van der Waals surface area contributed by atoms with Gasteiger partial charge in [-0.2, -0.15) is 0 Å². The number of hydrogen-bond acceptors (Lipinski definition) is 4.